The van der Waals surface area contributed by atoms with Crippen molar-refractivity contribution in [2.24, 2.45) is 0 Å². The minimum atomic E-state index is 0.632. The first-order valence-corrected chi connectivity index (χ1v) is 9.42. The Morgan fingerprint density at radius 3 is 2.59 bits per heavy atom. The first-order valence-electron chi connectivity index (χ1n) is 9.42. The zero-order valence-electron chi connectivity index (χ0n) is 16.6. The van der Waals surface area contributed by atoms with Crippen LogP contribution in [0.2, 0.25) is 0 Å². The van der Waals surface area contributed by atoms with Crippen molar-refractivity contribution in [3.8, 4) is 17.2 Å². The molecule has 144 valence electrons. The molecule has 0 aliphatic carbocycles. The molecule has 0 saturated carbocycles. The Bertz CT molecular complexity index is 902. The Morgan fingerprint density at radius 1 is 1.00 bits per heavy atom. The third kappa shape index (κ3) is 4.37. The van der Waals surface area contributed by atoms with Crippen LogP contribution in [0.15, 0.2) is 36.4 Å². The Kier molecular flexibility index (Phi) is 6.24. The number of hydrogen-bond donors (Lipinski definition) is 2. The van der Waals surface area contributed by atoms with Crippen LogP contribution in [-0.2, 0) is 13.0 Å². The summed E-state index contributed by atoms with van der Waals surface area (Å²) >= 11 is 0. The van der Waals surface area contributed by atoms with Crippen LogP contribution in [0.4, 0.5) is 0 Å². The van der Waals surface area contributed by atoms with E-state index in [1.807, 2.05) is 19.1 Å². The van der Waals surface area contributed by atoms with Gasteiger partial charge in [0.25, 0.3) is 0 Å². The summed E-state index contributed by atoms with van der Waals surface area (Å²) in [5, 5.41) is 3.58. The highest BCUT2D eigenvalue weighted by atomic mass is 16.5. The van der Waals surface area contributed by atoms with Crippen molar-refractivity contribution in [1.29, 1.82) is 0 Å². The van der Waals surface area contributed by atoms with Gasteiger partial charge < -0.3 is 24.5 Å². The van der Waals surface area contributed by atoms with Crippen LogP contribution in [0.1, 0.15) is 23.7 Å². The van der Waals surface area contributed by atoms with E-state index in [0.29, 0.717) is 6.61 Å². The number of ether oxygens (including phenoxy) is 3. The van der Waals surface area contributed by atoms with E-state index < -0.39 is 0 Å². The molecule has 0 aliphatic rings. The van der Waals surface area contributed by atoms with Crippen molar-refractivity contribution in [2.75, 3.05) is 27.4 Å². The number of quaternary nitrogens is 1. The van der Waals surface area contributed by atoms with Gasteiger partial charge in [-0.05, 0) is 55.8 Å². The molecule has 27 heavy (non-hydrogen) atoms. The first kappa shape index (κ1) is 19.1. The van der Waals surface area contributed by atoms with Crippen LogP contribution in [0.5, 0.6) is 17.2 Å². The van der Waals surface area contributed by atoms with Gasteiger partial charge in [0.1, 0.15) is 12.3 Å². The van der Waals surface area contributed by atoms with E-state index in [-0.39, 0.29) is 0 Å². The van der Waals surface area contributed by atoms with Crippen LogP contribution >= 0.6 is 0 Å². The van der Waals surface area contributed by atoms with E-state index in [9.17, 15) is 0 Å². The lowest BCUT2D eigenvalue weighted by Gasteiger charge is -2.10. The molecule has 3 rings (SSSR count). The minimum Gasteiger partial charge on any atom is -0.497 e. The maximum absolute atomic E-state index is 5.66. The second kappa shape index (κ2) is 8.82. The summed E-state index contributed by atoms with van der Waals surface area (Å²) in [5.74, 6) is 2.49. The molecule has 0 aliphatic heterocycles. The van der Waals surface area contributed by atoms with E-state index in [1.54, 1.807) is 14.2 Å². The maximum atomic E-state index is 5.66. The summed E-state index contributed by atoms with van der Waals surface area (Å²) in [5.41, 5.74) is 5.00. The number of hydrogen-bond acceptors (Lipinski definition) is 3. The second-order valence-corrected chi connectivity index (χ2v) is 6.59. The molecule has 0 saturated heterocycles. The maximum Gasteiger partial charge on any atom is 0.161 e. The largest absolute Gasteiger partial charge is 0.497 e. The molecule has 0 bridgehead atoms. The number of fused-ring (bicyclic) bond motifs is 1. The first-order chi connectivity index (χ1) is 13.2. The Morgan fingerprint density at radius 2 is 1.85 bits per heavy atom. The summed E-state index contributed by atoms with van der Waals surface area (Å²) in [6, 6.07) is 12.3. The number of nitrogens with two attached hydrogens (primary N) is 1. The van der Waals surface area contributed by atoms with Crippen molar-refractivity contribution in [3.63, 3.8) is 0 Å². The minimum absolute atomic E-state index is 0.632. The van der Waals surface area contributed by atoms with Gasteiger partial charge in [0.05, 0.1) is 27.4 Å². The summed E-state index contributed by atoms with van der Waals surface area (Å²) < 4.78 is 16.4. The molecule has 3 aromatic rings. The van der Waals surface area contributed by atoms with Gasteiger partial charge in [0.2, 0.25) is 0 Å². The van der Waals surface area contributed by atoms with Crippen LogP contribution < -0.4 is 19.5 Å². The van der Waals surface area contributed by atoms with E-state index in [0.717, 1.165) is 36.8 Å². The Labute approximate surface area is 160 Å². The van der Waals surface area contributed by atoms with Crippen molar-refractivity contribution in [3.05, 3.63) is 53.2 Å². The number of aryl methyl sites for hydroxylation is 1. The number of benzene rings is 2. The third-order valence-corrected chi connectivity index (χ3v) is 4.83. The van der Waals surface area contributed by atoms with Gasteiger partial charge >= 0.3 is 0 Å². The molecule has 0 amide bonds. The molecule has 5 nitrogen and oxygen atoms in total. The number of H-pyrrole nitrogens is 1. The standard InChI is InChI=1S/C22H28N2O3/c1-5-27-22-12-16(6-9-21(22)26-4)14-23-11-10-18-15(2)24-20-8-7-17(25-3)13-19(18)20/h6-9,12-13,23-24H,5,10-11,14H2,1-4H3/p+1. The lowest BCUT2D eigenvalue weighted by Crippen LogP contribution is -2.83. The quantitative estimate of drug-likeness (QED) is 0.570. The van der Waals surface area contributed by atoms with Crippen molar-refractivity contribution < 1.29 is 19.5 Å². The van der Waals surface area contributed by atoms with Crippen LogP contribution in [0.25, 0.3) is 10.9 Å². The molecule has 0 unspecified atom stereocenters. The Balaban J connectivity index is 1.63. The van der Waals surface area contributed by atoms with Gasteiger partial charge in [-0.25, -0.2) is 0 Å². The Hall–Kier alpha value is -2.66. The molecule has 2 aromatic carbocycles. The van der Waals surface area contributed by atoms with Gasteiger partial charge in [-0.3, -0.25) is 0 Å². The van der Waals surface area contributed by atoms with E-state index in [2.05, 4.69) is 41.5 Å². The van der Waals surface area contributed by atoms with Crippen molar-refractivity contribution in [1.82, 2.24) is 4.98 Å². The lowest BCUT2D eigenvalue weighted by molar-refractivity contribution is -0.670. The number of aromatic nitrogens is 1. The SMILES string of the molecule is CCOc1cc(C[NH2+]CCc2c(C)[nH]c3ccc(OC)cc23)ccc1OC. The van der Waals surface area contributed by atoms with E-state index >= 15 is 0 Å². The number of aromatic amines is 1. The summed E-state index contributed by atoms with van der Waals surface area (Å²) in [6.45, 7) is 6.68. The highest BCUT2D eigenvalue weighted by Crippen LogP contribution is 2.28. The highest BCUT2D eigenvalue weighted by molar-refractivity contribution is 5.86. The predicted octanol–water partition coefficient (Wildman–Crippen LogP) is 3.20. The van der Waals surface area contributed by atoms with Gasteiger partial charge in [0.15, 0.2) is 11.5 Å². The van der Waals surface area contributed by atoms with Gasteiger partial charge in [0, 0.05) is 28.6 Å². The fourth-order valence-corrected chi connectivity index (χ4v) is 3.44. The topological polar surface area (TPSA) is 60.1 Å². The van der Waals surface area contributed by atoms with Gasteiger partial charge in [-0.1, -0.05) is 0 Å². The average molecular weight is 369 g/mol. The van der Waals surface area contributed by atoms with Crippen LogP contribution in [-0.4, -0.2) is 32.4 Å². The number of methoxy groups -OCH3 is 2. The molecule has 0 spiro atoms. The second-order valence-electron chi connectivity index (χ2n) is 6.59. The monoisotopic (exact) mass is 369 g/mol. The molecule has 0 fully saturated rings. The van der Waals surface area contributed by atoms with Crippen LogP contribution in [0, 0.1) is 6.92 Å². The van der Waals surface area contributed by atoms with E-state index in [4.69, 9.17) is 14.2 Å². The summed E-state index contributed by atoms with van der Waals surface area (Å²) in [6.07, 6.45) is 1.01. The smallest absolute Gasteiger partial charge is 0.161 e. The van der Waals surface area contributed by atoms with Crippen molar-refractivity contribution in [2.45, 2.75) is 26.8 Å². The lowest BCUT2D eigenvalue weighted by atomic mass is 10.1. The fourth-order valence-electron chi connectivity index (χ4n) is 3.44. The third-order valence-electron chi connectivity index (χ3n) is 4.83. The summed E-state index contributed by atoms with van der Waals surface area (Å²) in [7, 11) is 3.38. The molecule has 0 atom stereocenters. The predicted molar refractivity (Wildman–Crippen MR) is 108 cm³/mol. The zero-order valence-corrected chi connectivity index (χ0v) is 16.6. The normalized spacial score (nSPS) is 11.0. The van der Waals surface area contributed by atoms with E-state index in [1.165, 1.54) is 27.7 Å². The number of rotatable bonds is 9. The van der Waals surface area contributed by atoms with Crippen LogP contribution in [0.3, 0.4) is 0 Å². The molecule has 5 heteroatoms. The average Bonchev–Trinajstić information content (AvgIpc) is 3.00. The van der Waals surface area contributed by atoms with Crippen molar-refractivity contribution >= 4 is 10.9 Å². The zero-order chi connectivity index (χ0) is 19.2. The van der Waals surface area contributed by atoms with Gasteiger partial charge in [-0.15, -0.1) is 0 Å². The number of nitrogens with one attached hydrogen (secondary N) is 1. The summed E-state index contributed by atoms with van der Waals surface area (Å²) in [4.78, 5) is 3.47. The molecular formula is C22H29N2O3+. The molecule has 0 radical (unpaired) electrons. The molecule has 1 aromatic heterocycles. The highest BCUT2D eigenvalue weighted by Gasteiger charge is 2.11. The van der Waals surface area contributed by atoms with Gasteiger partial charge in [-0.2, -0.15) is 0 Å². The fraction of sp³-hybridized carbons (Fsp3) is 0.364. The molecular weight excluding hydrogens is 340 g/mol. The molecule has 3 N–H and O–H groups in total. The molecule has 1 heterocycles.